The van der Waals surface area contributed by atoms with E-state index >= 15 is 0 Å². The van der Waals surface area contributed by atoms with E-state index in [1.165, 1.54) is 4.90 Å². The highest BCUT2D eigenvalue weighted by Gasteiger charge is 2.58. The third kappa shape index (κ3) is 1.22. The Morgan fingerprint density at radius 3 is 2.67 bits per heavy atom. The molecule has 1 aliphatic heterocycles. The Hall–Kier alpha value is -1.52. The Bertz CT molecular complexity index is 403. The molecule has 1 N–H and O–H groups in total. The summed E-state index contributed by atoms with van der Waals surface area (Å²) in [6, 6.07) is 2.04. The van der Waals surface area contributed by atoms with E-state index in [-0.39, 0.29) is 0 Å². The number of likely N-dealkylation sites (tertiary alicyclic amines) is 1. The van der Waals surface area contributed by atoms with Gasteiger partial charge in [-0.1, -0.05) is 0 Å². The summed E-state index contributed by atoms with van der Waals surface area (Å²) >= 11 is 0. The van der Waals surface area contributed by atoms with E-state index in [1.54, 1.807) is 4.68 Å². The fourth-order valence-electron chi connectivity index (χ4n) is 2.73. The lowest BCUT2D eigenvalue weighted by molar-refractivity contribution is 0.150. The first-order valence-electron chi connectivity index (χ1n) is 5.14. The first kappa shape index (κ1) is 8.76. The number of hydrogen-bond acceptors (Lipinski definition) is 2. The highest BCUT2D eigenvalue weighted by molar-refractivity contribution is 5.66. The molecule has 3 rings (SSSR count). The molecule has 0 radical (unpaired) electrons. The van der Waals surface area contributed by atoms with Crippen molar-refractivity contribution in [3.8, 4) is 0 Å². The smallest absolute Gasteiger partial charge is 0.407 e. The van der Waals surface area contributed by atoms with Crippen molar-refractivity contribution in [1.82, 2.24) is 14.7 Å². The second-order valence-electron chi connectivity index (χ2n) is 4.46. The molecule has 3 atom stereocenters. The minimum absolute atomic E-state index is 0.502. The number of aryl methyl sites for hydroxylation is 1. The molecule has 0 spiro atoms. The number of nitrogens with zero attached hydrogens (tertiary/aromatic N) is 3. The van der Waals surface area contributed by atoms with Crippen molar-refractivity contribution in [2.75, 3.05) is 13.1 Å². The van der Waals surface area contributed by atoms with Crippen LogP contribution in [0, 0.1) is 11.8 Å². The average molecular weight is 207 g/mol. The van der Waals surface area contributed by atoms with Crippen molar-refractivity contribution in [3.05, 3.63) is 18.0 Å². The number of aromatic nitrogens is 2. The molecule has 2 heterocycles. The van der Waals surface area contributed by atoms with Gasteiger partial charge in [-0.2, -0.15) is 5.10 Å². The van der Waals surface area contributed by atoms with Crippen LogP contribution in [-0.4, -0.2) is 39.0 Å². The maximum Gasteiger partial charge on any atom is 0.407 e. The predicted molar refractivity (Wildman–Crippen MR) is 52.5 cm³/mol. The summed E-state index contributed by atoms with van der Waals surface area (Å²) in [5, 5.41) is 13.2. The lowest BCUT2D eigenvalue weighted by Crippen LogP contribution is -2.29. The van der Waals surface area contributed by atoms with Gasteiger partial charge in [-0.25, -0.2) is 4.79 Å². The van der Waals surface area contributed by atoms with Gasteiger partial charge >= 0.3 is 6.09 Å². The molecule has 1 aromatic heterocycles. The Morgan fingerprint density at radius 1 is 1.53 bits per heavy atom. The summed E-state index contributed by atoms with van der Waals surface area (Å²) in [7, 11) is 1.91. The Labute approximate surface area is 87.3 Å². The Morgan fingerprint density at radius 2 is 2.20 bits per heavy atom. The summed E-state index contributed by atoms with van der Waals surface area (Å²) in [4.78, 5) is 12.2. The molecule has 1 amide bonds. The minimum Gasteiger partial charge on any atom is -0.465 e. The standard InChI is InChI=1S/C10H13N3O2/c1-12-3-2-8(11-12)9-6-4-13(10(14)15)5-7(6)9/h2-3,6-7,9H,4-5H2,1H3,(H,14,15)/t6-,7+,9?. The first-order chi connectivity index (χ1) is 7.16. The van der Waals surface area contributed by atoms with E-state index in [0.717, 1.165) is 5.69 Å². The van der Waals surface area contributed by atoms with Crippen molar-refractivity contribution in [3.63, 3.8) is 0 Å². The van der Waals surface area contributed by atoms with Crippen LogP contribution in [0.25, 0.3) is 0 Å². The van der Waals surface area contributed by atoms with Gasteiger partial charge in [-0.3, -0.25) is 4.68 Å². The number of rotatable bonds is 1. The zero-order valence-corrected chi connectivity index (χ0v) is 8.50. The second kappa shape index (κ2) is 2.74. The lowest BCUT2D eigenvalue weighted by atomic mass is 10.2. The van der Waals surface area contributed by atoms with E-state index in [2.05, 4.69) is 5.10 Å². The van der Waals surface area contributed by atoms with Gasteiger partial charge in [0.15, 0.2) is 0 Å². The van der Waals surface area contributed by atoms with Crippen molar-refractivity contribution < 1.29 is 9.90 Å². The zero-order chi connectivity index (χ0) is 10.6. The van der Waals surface area contributed by atoms with E-state index in [1.807, 2.05) is 19.3 Å². The first-order valence-corrected chi connectivity index (χ1v) is 5.14. The Balaban J connectivity index is 1.70. The maximum absolute atomic E-state index is 10.7. The molecule has 15 heavy (non-hydrogen) atoms. The number of carbonyl (C=O) groups is 1. The van der Waals surface area contributed by atoms with Gasteiger partial charge in [0.1, 0.15) is 0 Å². The van der Waals surface area contributed by atoms with Gasteiger partial charge in [0.05, 0.1) is 5.69 Å². The molecule has 80 valence electrons. The average Bonchev–Trinajstić information content (AvgIpc) is 2.62. The van der Waals surface area contributed by atoms with Crippen LogP contribution in [-0.2, 0) is 7.05 Å². The molecule has 0 aromatic carbocycles. The van der Waals surface area contributed by atoms with Crippen LogP contribution >= 0.6 is 0 Å². The summed E-state index contributed by atoms with van der Waals surface area (Å²) in [6.45, 7) is 1.36. The molecular formula is C10H13N3O2. The van der Waals surface area contributed by atoms with E-state index < -0.39 is 6.09 Å². The number of hydrogen-bond donors (Lipinski definition) is 1. The summed E-state index contributed by atoms with van der Waals surface area (Å²) in [5.41, 5.74) is 1.12. The molecule has 1 saturated carbocycles. The number of piperidine rings is 1. The SMILES string of the molecule is Cn1ccc(C2[C@H]3CN(C(=O)O)C[C@@H]23)n1. The van der Waals surface area contributed by atoms with Crippen LogP contribution < -0.4 is 0 Å². The largest absolute Gasteiger partial charge is 0.465 e. The van der Waals surface area contributed by atoms with Gasteiger partial charge in [0, 0.05) is 32.3 Å². The number of amides is 1. The minimum atomic E-state index is -0.790. The van der Waals surface area contributed by atoms with Crippen LogP contribution in [0.15, 0.2) is 12.3 Å². The molecular weight excluding hydrogens is 194 g/mol. The molecule has 2 fully saturated rings. The third-order valence-corrected chi connectivity index (χ3v) is 3.54. The molecule has 5 heteroatoms. The zero-order valence-electron chi connectivity index (χ0n) is 8.50. The highest BCUT2D eigenvalue weighted by atomic mass is 16.4. The van der Waals surface area contributed by atoms with Crippen molar-refractivity contribution >= 4 is 6.09 Å². The van der Waals surface area contributed by atoms with E-state index in [0.29, 0.717) is 30.8 Å². The van der Waals surface area contributed by atoms with E-state index in [9.17, 15) is 4.79 Å². The van der Waals surface area contributed by atoms with E-state index in [4.69, 9.17) is 5.11 Å². The summed E-state index contributed by atoms with van der Waals surface area (Å²) < 4.78 is 1.80. The molecule has 1 aromatic rings. The van der Waals surface area contributed by atoms with Crippen LogP contribution in [0.4, 0.5) is 4.79 Å². The highest BCUT2D eigenvalue weighted by Crippen LogP contribution is 2.57. The third-order valence-electron chi connectivity index (χ3n) is 3.54. The normalized spacial score (nSPS) is 32.9. The Kier molecular flexibility index (Phi) is 1.60. The van der Waals surface area contributed by atoms with Gasteiger partial charge in [0.2, 0.25) is 0 Å². The van der Waals surface area contributed by atoms with Gasteiger partial charge in [0.25, 0.3) is 0 Å². The van der Waals surface area contributed by atoms with Gasteiger partial charge in [-0.05, 0) is 17.9 Å². The van der Waals surface area contributed by atoms with Crippen LogP contribution in [0.2, 0.25) is 0 Å². The van der Waals surface area contributed by atoms with Crippen molar-refractivity contribution in [1.29, 1.82) is 0 Å². The number of fused-ring (bicyclic) bond motifs is 1. The van der Waals surface area contributed by atoms with Gasteiger partial charge in [-0.15, -0.1) is 0 Å². The van der Waals surface area contributed by atoms with Crippen molar-refractivity contribution in [2.45, 2.75) is 5.92 Å². The predicted octanol–water partition coefficient (Wildman–Crippen LogP) is 0.743. The lowest BCUT2D eigenvalue weighted by Gasteiger charge is -2.14. The second-order valence-corrected chi connectivity index (χ2v) is 4.46. The summed E-state index contributed by atoms with van der Waals surface area (Å²) in [6.07, 6.45) is 1.15. The van der Waals surface area contributed by atoms with Crippen molar-refractivity contribution in [2.24, 2.45) is 18.9 Å². The fraction of sp³-hybridized carbons (Fsp3) is 0.600. The fourth-order valence-corrected chi connectivity index (χ4v) is 2.73. The monoisotopic (exact) mass is 207 g/mol. The molecule has 1 saturated heterocycles. The van der Waals surface area contributed by atoms with Crippen LogP contribution in [0.1, 0.15) is 11.6 Å². The molecule has 5 nitrogen and oxygen atoms in total. The van der Waals surface area contributed by atoms with Crippen LogP contribution in [0.5, 0.6) is 0 Å². The maximum atomic E-state index is 10.7. The molecule has 2 aliphatic rings. The quantitative estimate of drug-likeness (QED) is 0.739. The number of carboxylic acid groups (broad SMARTS) is 1. The molecule has 1 aliphatic carbocycles. The topological polar surface area (TPSA) is 58.4 Å². The molecule has 0 bridgehead atoms. The summed E-state index contributed by atoms with van der Waals surface area (Å²) in [5.74, 6) is 1.52. The van der Waals surface area contributed by atoms with Crippen LogP contribution in [0.3, 0.4) is 0 Å². The van der Waals surface area contributed by atoms with Gasteiger partial charge < -0.3 is 10.0 Å². The molecule has 1 unspecified atom stereocenters.